The summed E-state index contributed by atoms with van der Waals surface area (Å²) in [6.45, 7) is 6.69. The molecule has 1 unspecified atom stereocenters. The van der Waals surface area contributed by atoms with Crippen molar-refractivity contribution in [1.29, 1.82) is 0 Å². The van der Waals surface area contributed by atoms with E-state index in [2.05, 4.69) is 26.0 Å². The maximum absolute atomic E-state index is 14.2. The third-order valence-corrected chi connectivity index (χ3v) is 8.79. The van der Waals surface area contributed by atoms with Crippen LogP contribution in [0.1, 0.15) is 71.6 Å². The molecule has 0 fully saturated rings. The van der Waals surface area contributed by atoms with E-state index < -0.39 is 16.6 Å². The lowest BCUT2D eigenvalue weighted by Crippen LogP contribution is -2.37. The number of rotatable bonds is 15. The number of carboxylic acid groups (broad SMARTS) is 1. The van der Waals surface area contributed by atoms with Gasteiger partial charge < -0.3 is 15.1 Å². The molecule has 0 radical (unpaired) electrons. The summed E-state index contributed by atoms with van der Waals surface area (Å²) in [6, 6.07) is 26.5. The van der Waals surface area contributed by atoms with E-state index in [9.17, 15) is 29.9 Å². The maximum atomic E-state index is 14.2. The monoisotopic (exact) mass is 641 g/mol. The number of carbonyl (C=O) groups excluding carboxylic acids is 1. The minimum atomic E-state index is -1.27. The maximum Gasteiger partial charge on any atom is 0.339 e. The van der Waals surface area contributed by atoms with Gasteiger partial charge in [0.2, 0.25) is 5.91 Å². The Morgan fingerprint density at radius 2 is 1.63 bits per heavy atom. The van der Waals surface area contributed by atoms with Gasteiger partial charge in [-0.1, -0.05) is 74.4 Å². The van der Waals surface area contributed by atoms with Crippen molar-refractivity contribution in [2.24, 2.45) is 0 Å². The van der Waals surface area contributed by atoms with Gasteiger partial charge in [0.05, 0.1) is 18.0 Å². The van der Waals surface area contributed by atoms with Crippen LogP contribution in [0.5, 0.6) is 5.75 Å². The average Bonchev–Trinajstić information content (AvgIpc) is 3.03. The van der Waals surface area contributed by atoms with Crippen molar-refractivity contribution in [2.75, 3.05) is 11.4 Å². The van der Waals surface area contributed by atoms with E-state index in [1.165, 1.54) is 52.7 Å². The van der Waals surface area contributed by atoms with Crippen molar-refractivity contribution < 1.29 is 24.7 Å². The van der Waals surface area contributed by atoms with Crippen molar-refractivity contribution in [3.63, 3.8) is 0 Å². The molecular formula is C36H39N3O6S. The molecule has 0 saturated carbocycles. The van der Waals surface area contributed by atoms with Crippen LogP contribution in [-0.4, -0.2) is 37.9 Å². The van der Waals surface area contributed by atoms with Gasteiger partial charge in [0.15, 0.2) is 0 Å². The molecule has 4 aromatic rings. The highest BCUT2D eigenvalue weighted by atomic mass is 32.2. The van der Waals surface area contributed by atoms with Crippen molar-refractivity contribution in [3.05, 3.63) is 129 Å². The quantitative estimate of drug-likeness (QED) is 0.0754. The second-order valence-corrected chi connectivity index (χ2v) is 12.4. The Morgan fingerprint density at radius 1 is 0.913 bits per heavy atom. The smallest absolute Gasteiger partial charge is 0.339 e. The van der Waals surface area contributed by atoms with Gasteiger partial charge in [-0.15, -0.1) is 0 Å². The normalized spacial score (nSPS) is 11.7. The molecule has 4 rings (SSSR count). The second-order valence-electron chi connectivity index (χ2n) is 11.3. The zero-order valence-corrected chi connectivity index (χ0v) is 27.1. The van der Waals surface area contributed by atoms with E-state index in [0.29, 0.717) is 17.2 Å². The molecule has 4 aromatic carbocycles. The van der Waals surface area contributed by atoms with Gasteiger partial charge in [-0.25, -0.2) is 9.10 Å². The summed E-state index contributed by atoms with van der Waals surface area (Å²) in [7, 11) is 0. The SMILES string of the molecule is CCCC(CC)c1ccc(CN(C(=O)CN(Cc2cccc([N+](=O)[O-])c2)Sc2ccc(C)cc2)c2ccc(C(=O)O)c(O)c2)cc1. The number of amides is 1. The van der Waals surface area contributed by atoms with Gasteiger partial charge in [0.25, 0.3) is 5.69 Å². The number of hydrogen-bond donors (Lipinski definition) is 2. The van der Waals surface area contributed by atoms with E-state index in [1.54, 1.807) is 12.1 Å². The van der Waals surface area contributed by atoms with Crippen LogP contribution in [0.4, 0.5) is 11.4 Å². The molecule has 0 saturated heterocycles. The fourth-order valence-electron chi connectivity index (χ4n) is 5.30. The average molecular weight is 642 g/mol. The zero-order chi connectivity index (χ0) is 33.2. The molecule has 0 heterocycles. The van der Waals surface area contributed by atoms with Crippen LogP contribution in [0.25, 0.3) is 0 Å². The molecular weight excluding hydrogens is 602 g/mol. The van der Waals surface area contributed by atoms with Gasteiger partial charge in [0.1, 0.15) is 11.3 Å². The number of aryl methyl sites for hydroxylation is 1. The Morgan fingerprint density at radius 3 is 2.24 bits per heavy atom. The first kappa shape index (κ1) is 34.2. The molecule has 2 N–H and O–H groups in total. The highest BCUT2D eigenvalue weighted by Crippen LogP contribution is 2.30. The minimum Gasteiger partial charge on any atom is -0.507 e. The van der Waals surface area contributed by atoms with Crippen LogP contribution in [-0.2, 0) is 17.9 Å². The fourth-order valence-corrected chi connectivity index (χ4v) is 6.25. The summed E-state index contributed by atoms with van der Waals surface area (Å²) in [5.41, 5.74) is 3.94. The number of nitro groups is 1. The number of benzene rings is 4. The summed E-state index contributed by atoms with van der Waals surface area (Å²) in [5.74, 6) is -1.55. The Balaban J connectivity index is 1.67. The van der Waals surface area contributed by atoms with E-state index >= 15 is 0 Å². The molecule has 9 nitrogen and oxygen atoms in total. The summed E-state index contributed by atoms with van der Waals surface area (Å²) >= 11 is 1.36. The first-order valence-electron chi connectivity index (χ1n) is 15.3. The zero-order valence-electron chi connectivity index (χ0n) is 26.3. The van der Waals surface area contributed by atoms with Crippen molar-refractivity contribution in [1.82, 2.24) is 4.31 Å². The highest BCUT2D eigenvalue weighted by Gasteiger charge is 2.23. The molecule has 1 atom stereocenters. The lowest BCUT2D eigenvalue weighted by molar-refractivity contribution is -0.384. The lowest BCUT2D eigenvalue weighted by atomic mass is 9.91. The first-order valence-corrected chi connectivity index (χ1v) is 16.0. The molecule has 0 aliphatic carbocycles. The Labute approximate surface area is 273 Å². The number of nitrogens with zero attached hydrogens (tertiary/aromatic N) is 3. The number of phenols is 1. The lowest BCUT2D eigenvalue weighted by Gasteiger charge is -2.28. The summed E-state index contributed by atoms with van der Waals surface area (Å²) in [5, 5.41) is 31.4. The van der Waals surface area contributed by atoms with Gasteiger partial charge >= 0.3 is 5.97 Å². The van der Waals surface area contributed by atoms with E-state index in [-0.39, 0.29) is 36.8 Å². The van der Waals surface area contributed by atoms with E-state index in [4.69, 9.17) is 0 Å². The molecule has 0 aromatic heterocycles. The molecule has 0 spiro atoms. The van der Waals surface area contributed by atoms with Gasteiger partial charge in [0, 0.05) is 35.3 Å². The molecule has 0 aliphatic heterocycles. The van der Waals surface area contributed by atoms with Crippen molar-refractivity contribution in [3.8, 4) is 5.75 Å². The van der Waals surface area contributed by atoms with Gasteiger partial charge in [-0.3, -0.25) is 14.9 Å². The predicted octanol–water partition coefficient (Wildman–Crippen LogP) is 8.34. The summed E-state index contributed by atoms with van der Waals surface area (Å²) < 4.78 is 1.84. The summed E-state index contributed by atoms with van der Waals surface area (Å²) in [6.07, 6.45) is 3.21. The fraction of sp³-hybridized carbons (Fsp3) is 0.278. The largest absolute Gasteiger partial charge is 0.507 e. The topological polar surface area (TPSA) is 124 Å². The van der Waals surface area contributed by atoms with Crippen molar-refractivity contribution >= 4 is 35.2 Å². The number of carbonyl (C=O) groups is 2. The second kappa shape index (κ2) is 16.1. The minimum absolute atomic E-state index is 0.0348. The Kier molecular flexibility index (Phi) is 11.9. The van der Waals surface area contributed by atoms with Crippen LogP contribution in [0.3, 0.4) is 0 Å². The number of aromatic carboxylic acids is 1. The van der Waals surface area contributed by atoms with E-state index in [0.717, 1.165) is 35.3 Å². The predicted molar refractivity (Wildman–Crippen MR) is 181 cm³/mol. The van der Waals surface area contributed by atoms with Crippen LogP contribution in [0.15, 0.2) is 95.9 Å². The van der Waals surface area contributed by atoms with E-state index in [1.807, 2.05) is 47.6 Å². The first-order chi connectivity index (χ1) is 22.1. The molecule has 240 valence electrons. The van der Waals surface area contributed by atoms with Gasteiger partial charge in [-0.05, 0) is 78.6 Å². The summed E-state index contributed by atoms with van der Waals surface area (Å²) in [4.78, 5) is 39.1. The molecule has 1 amide bonds. The molecule has 0 aliphatic rings. The Hall–Kier alpha value is -4.67. The number of carboxylic acids is 1. The molecule has 46 heavy (non-hydrogen) atoms. The molecule has 10 heteroatoms. The number of nitro benzene ring substituents is 1. The molecule has 0 bridgehead atoms. The third kappa shape index (κ3) is 9.18. The number of non-ortho nitro benzene ring substituents is 1. The van der Waals surface area contributed by atoms with Crippen LogP contribution < -0.4 is 4.90 Å². The van der Waals surface area contributed by atoms with Crippen molar-refractivity contribution in [2.45, 2.75) is 63.9 Å². The standard InChI is InChI=1S/C36H39N3O6S/c1-4-7-28(5-2)29-14-12-26(13-15-29)23-38(30-16-19-33(36(42)43)34(40)21-30)35(41)24-37(46-32-17-10-25(3)11-18-32)22-27-8-6-9-31(20-27)39(44)45/h6,8-21,28,40H,4-5,7,22-24H2,1-3H3,(H,42,43). The number of anilines is 1. The Bertz CT molecular complexity index is 1660. The van der Waals surface area contributed by atoms with Crippen LogP contribution in [0, 0.1) is 17.0 Å². The van der Waals surface area contributed by atoms with Crippen LogP contribution in [0.2, 0.25) is 0 Å². The van der Waals surface area contributed by atoms with Gasteiger partial charge in [-0.2, -0.15) is 0 Å². The van der Waals surface area contributed by atoms with Crippen LogP contribution >= 0.6 is 11.9 Å². The third-order valence-electron chi connectivity index (χ3n) is 7.79. The number of hydrogen-bond acceptors (Lipinski definition) is 7. The number of aromatic hydroxyl groups is 1. The highest BCUT2D eigenvalue weighted by molar-refractivity contribution is 7.97.